The molecule has 2 aromatic carbocycles. The van der Waals surface area contributed by atoms with Crippen molar-refractivity contribution in [2.24, 2.45) is 5.92 Å². The molecule has 2 aliphatic carbocycles. The Balaban J connectivity index is 1.40. The summed E-state index contributed by atoms with van der Waals surface area (Å²) in [6.07, 6.45) is 9.30. The van der Waals surface area contributed by atoms with Gasteiger partial charge in [-0.15, -0.1) is 0 Å². The molecule has 2 amide bonds. The van der Waals surface area contributed by atoms with Gasteiger partial charge in [-0.2, -0.15) is 0 Å². The average molecular weight is 490 g/mol. The maximum Gasteiger partial charge on any atom is 0.320 e. The predicted molar refractivity (Wildman–Crippen MR) is 145 cm³/mol. The minimum absolute atomic E-state index is 0.0495. The summed E-state index contributed by atoms with van der Waals surface area (Å²) in [6, 6.07) is 19.5. The molecule has 0 atom stereocenters. The Labute approximate surface area is 217 Å². The Kier molecular flexibility index (Phi) is 7.30. The van der Waals surface area contributed by atoms with E-state index in [-0.39, 0.29) is 17.1 Å². The van der Waals surface area contributed by atoms with Gasteiger partial charge in [0.25, 0.3) is 0 Å². The summed E-state index contributed by atoms with van der Waals surface area (Å²) in [5, 5.41) is 0. The van der Waals surface area contributed by atoms with Gasteiger partial charge in [0, 0.05) is 25.2 Å². The zero-order valence-corrected chi connectivity index (χ0v) is 22.4. The van der Waals surface area contributed by atoms with Crippen LogP contribution in [0, 0.1) is 5.92 Å². The van der Waals surface area contributed by atoms with Crippen LogP contribution in [0.25, 0.3) is 0 Å². The van der Waals surface area contributed by atoms with Gasteiger partial charge in [0.2, 0.25) is 0 Å². The van der Waals surface area contributed by atoms with Crippen LogP contribution in [0.5, 0.6) is 5.75 Å². The van der Waals surface area contributed by atoms with E-state index < -0.39 is 0 Å². The summed E-state index contributed by atoms with van der Waals surface area (Å²) in [5.74, 6) is 1.52. The van der Waals surface area contributed by atoms with E-state index >= 15 is 0 Å². The molecule has 0 radical (unpaired) electrons. The minimum atomic E-state index is -0.0587. The molecule has 2 aromatic rings. The van der Waals surface area contributed by atoms with Gasteiger partial charge in [-0.25, -0.2) is 4.79 Å². The second-order valence-corrected chi connectivity index (χ2v) is 11.4. The minimum Gasteiger partial charge on any atom is -0.497 e. The Morgan fingerprint density at radius 3 is 2.42 bits per heavy atom. The maximum atomic E-state index is 13.9. The van der Waals surface area contributed by atoms with E-state index in [2.05, 4.69) is 71.1 Å². The van der Waals surface area contributed by atoms with E-state index in [1.165, 1.54) is 24.8 Å². The molecule has 3 fully saturated rings. The molecular formula is C31H43N3O2. The highest BCUT2D eigenvalue weighted by atomic mass is 16.5. The van der Waals surface area contributed by atoms with E-state index in [9.17, 15) is 4.79 Å². The summed E-state index contributed by atoms with van der Waals surface area (Å²) in [5.41, 5.74) is 2.56. The van der Waals surface area contributed by atoms with Crippen molar-refractivity contribution >= 4 is 6.03 Å². The van der Waals surface area contributed by atoms with Crippen LogP contribution in [0.4, 0.5) is 4.79 Å². The van der Waals surface area contributed by atoms with Crippen LogP contribution in [0.2, 0.25) is 0 Å². The first kappa shape index (κ1) is 25.1. The van der Waals surface area contributed by atoms with Crippen molar-refractivity contribution in [3.63, 3.8) is 0 Å². The smallest absolute Gasteiger partial charge is 0.320 e. The number of nitrogens with zero attached hydrogens (tertiary/aromatic N) is 3. The highest BCUT2D eigenvalue weighted by Gasteiger charge is 2.55. The van der Waals surface area contributed by atoms with Crippen LogP contribution < -0.4 is 4.74 Å². The molecule has 0 bridgehead atoms. The quantitative estimate of drug-likeness (QED) is 0.416. The molecule has 1 spiro atoms. The molecule has 5 heteroatoms. The van der Waals surface area contributed by atoms with E-state index in [4.69, 9.17) is 4.74 Å². The number of benzene rings is 2. The normalized spacial score (nSPS) is 26.6. The number of carbonyl (C=O) groups excluding carboxylic acids is 1. The summed E-state index contributed by atoms with van der Waals surface area (Å²) >= 11 is 0. The largest absolute Gasteiger partial charge is 0.497 e. The predicted octanol–water partition coefficient (Wildman–Crippen LogP) is 6.28. The molecule has 5 rings (SSSR count). The highest BCUT2D eigenvalue weighted by molar-refractivity contribution is 5.78. The lowest BCUT2D eigenvalue weighted by atomic mass is 9.67. The Bertz CT molecular complexity index is 1030. The van der Waals surface area contributed by atoms with Crippen molar-refractivity contribution in [3.8, 4) is 5.75 Å². The van der Waals surface area contributed by atoms with Gasteiger partial charge in [-0.1, -0.05) is 55.8 Å². The van der Waals surface area contributed by atoms with E-state index in [0.717, 1.165) is 63.1 Å². The molecule has 194 valence electrons. The van der Waals surface area contributed by atoms with Gasteiger partial charge in [0.1, 0.15) is 5.75 Å². The first-order valence-electron chi connectivity index (χ1n) is 14.0. The van der Waals surface area contributed by atoms with Crippen molar-refractivity contribution < 1.29 is 9.53 Å². The van der Waals surface area contributed by atoms with E-state index in [0.29, 0.717) is 12.5 Å². The summed E-state index contributed by atoms with van der Waals surface area (Å²) in [4.78, 5) is 20.9. The molecule has 1 heterocycles. The Morgan fingerprint density at radius 1 is 1.03 bits per heavy atom. The fourth-order valence-electron chi connectivity index (χ4n) is 6.95. The molecule has 1 saturated heterocycles. The third kappa shape index (κ3) is 4.63. The summed E-state index contributed by atoms with van der Waals surface area (Å²) in [7, 11) is 4.00. The highest BCUT2D eigenvalue weighted by Crippen LogP contribution is 2.50. The SMILES string of the molecule is CCCN(C)[C@]1(c2ccccc2)CC[C@@]2(CC1)CN(Cc1cccc(OC)c1)C(=O)N2CC1CCC1. The number of methoxy groups -OCH3 is 1. The zero-order chi connectivity index (χ0) is 25.2. The number of urea groups is 1. The van der Waals surface area contributed by atoms with Crippen LogP contribution in [0.15, 0.2) is 54.6 Å². The maximum absolute atomic E-state index is 13.9. The van der Waals surface area contributed by atoms with Crippen molar-refractivity contribution in [2.45, 2.75) is 75.9 Å². The number of hydrogen-bond acceptors (Lipinski definition) is 3. The van der Waals surface area contributed by atoms with Crippen LogP contribution in [0.3, 0.4) is 0 Å². The number of amides is 2. The van der Waals surface area contributed by atoms with Gasteiger partial charge < -0.3 is 14.5 Å². The van der Waals surface area contributed by atoms with E-state index in [1.54, 1.807) is 7.11 Å². The lowest BCUT2D eigenvalue weighted by Gasteiger charge is -2.52. The van der Waals surface area contributed by atoms with Gasteiger partial charge >= 0.3 is 6.03 Å². The van der Waals surface area contributed by atoms with Crippen LogP contribution in [-0.2, 0) is 12.1 Å². The van der Waals surface area contributed by atoms with Crippen molar-refractivity contribution in [1.29, 1.82) is 0 Å². The molecule has 5 nitrogen and oxygen atoms in total. The monoisotopic (exact) mass is 489 g/mol. The second-order valence-electron chi connectivity index (χ2n) is 11.4. The molecule has 1 aliphatic heterocycles. The third-order valence-electron chi connectivity index (χ3n) is 9.34. The summed E-state index contributed by atoms with van der Waals surface area (Å²) in [6.45, 7) is 5.77. The van der Waals surface area contributed by atoms with Crippen molar-refractivity contribution in [2.75, 3.05) is 33.8 Å². The third-order valence-corrected chi connectivity index (χ3v) is 9.34. The zero-order valence-electron chi connectivity index (χ0n) is 22.4. The molecule has 2 saturated carbocycles. The number of ether oxygens (including phenoxy) is 1. The molecule has 0 N–H and O–H groups in total. The van der Waals surface area contributed by atoms with Crippen LogP contribution in [0.1, 0.15) is 69.4 Å². The van der Waals surface area contributed by atoms with Crippen molar-refractivity contribution in [3.05, 3.63) is 65.7 Å². The second kappa shape index (κ2) is 10.5. The van der Waals surface area contributed by atoms with Crippen molar-refractivity contribution in [1.82, 2.24) is 14.7 Å². The number of hydrogen-bond donors (Lipinski definition) is 0. The fraction of sp³-hybridized carbons (Fsp3) is 0.581. The van der Waals surface area contributed by atoms with Gasteiger partial charge in [0.15, 0.2) is 0 Å². The number of rotatable bonds is 9. The topological polar surface area (TPSA) is 36.0 Å². The lowest BCUT2D eigenvalue weighted by Crippen LogP contribution is -2.57. The average Bonchev–Trinajstić information content (AvgIpc) is 3.12. The molecular weight excluding hydrogens is 446 g/mol. The van der Waals surface area contributed by atoms with E-state index in [1.807, 2.05) is 12.1 Å². The fourth-order valence-corrected chi connectivity index (χ4v) is 6.95. The van der Waals surface area contributed by atoms with Crippen LogP contribution in [-0.4, -0.2) is 60.1 Å². The first-order chi connectivity index (χ1) is 17.5. The van der Waals surface area contributed by atoms with Gasteiger partial charge in [-0.3, -0.25) is 4.90 Å². The Morgan fingerprint density at radius 2 is 1.78 bits per heavy atom. The lowest BCUT2D eigenvalue weighted by molar-refractivity contribution is 0.00476. The molecule has 36 heavy (non-hydrogen) atoms. The van der Waals surface area contributed by atoms with Gasteiger partial charge in [-0.05, 0) is 87.7 Å². The standard InChI is InChI=1S/C31H43N3O2/c1-4-20-32(2)31(27-13-6-5-7-14-27)18-16-30(17-19-31)24-33(22-26-12-9-15-28(21-26)36-3)29(35)34(30)23-25-10-8-11-25/h5-7,9,12-15,21,25H,4,8,10-11,16-20,22-24H2,1-3H3/t30-,31-. The molecule has 3 aliphatic rings. The van der Waals surface area contributed by atoms with Gasteiger partial charge in [0.05, 0.1) is 12.6 Å². The van der Waals surface area contributed by atoms with Crippen LogP contribution >= 0.6 is 0 Å². The Hall–Kier alpha value is -2.53. The summed E-state index contributed by atoms with van der Waals surface area (Å²) < 4.78 is 5.44. The molecule has 0 unspecified atom stereocenters. The number of carbonyl (C=O) groups is 1. The first-order valence-corrected chi connectivity index (χ1v) is 14.0. The molecule has 0 aromatic heterocycles.